The van der Waals surface area contributed by atoms with Crippen molar-refractivity contribution in [1.82, 2.24) is 33.4 Å². The number of rotatable bonds is 4. The minimum absolute atomic E-state index is 0.919. The normalized spacial score (nSPS) is 12.0. The SMILES string of the molecule is c1cc(-n2c3ccccc3c3ccc(-n4cc(-n5c6ccccc6c6cccnc65)cn4)cc32)cc(-n2c3ccccc3c3cccnc32)c1. The second-order valence-corrected chi connectivity index (χ2v) is 12.7. The van der Waals surface area contributed by atoms with E-state index in [1.807, 2.05) is 35.4 Å². The molecule has 11 rings (SSSR count). The summed E-state index contributed by atoms with van der Waals surface area (Å²) >= 11 is 0. The molecule has 7 nitrogen and oxygen atoms in total. The molecule has 234 valence electrons. The number of pyridine rings is 2. The topological polar surface area (TPSA) is 58.4 Å². The summed E-state index contributed by atoms with van der Waals surface area (Å²) in [5, 5.41) is 11.9. The minimum atomic E-state index is 0.919. The molecule has 0 aliphatic carbocycles. The monoisotopic (exact) mass is 641 g/mol. The molecule has 0 unspecified atom stereocenters. The van der Waals surface area contributed by atoms with Crippen LogP contribution in [0.4, 0.5) is 0 Å². The quantitative estimate of drug-likeness (QED) is 0.192. The Labute approximate surface area is 285 Å². The van der Waals surface area contributed by atoms with Crippen molar-refractivity contribution < 1.29 is 0 Å². The smallest absolute Gasteiger partial charge is 0.145 e. The maximum Gasteiger partial charge on any atom is 0.145 e. The Morgan fingerprint density at radius 2 is 0.880 bits per heavy atom. The van der Waals surface area contributed by atoms with Crippen LogP contribution in [-0.4, -0.2) is 33.4 Å². The highest BCUT2D eigenvalue weighted by molar-refractivity contribution is 6.11. The van der Waals surface area contributed by atoms with Crippen molar-refractivity contribution in [2.75, 3.05) is 0 Å². The zero-order valence-corrected chi connectivity index (χ0v) is 26.7. The van der Waals surface area contributed by atoms with Gasteiger partial charge in [-0.3, -0.25) is 9.13 Å². The van der Waals surface area contributed by atoms with Crippen LogP contribution in [0.3, 0.4) is 0 Å². The minimum Gasteiger partial charge on any atom is -0.309 e. The average molecular weight is 642 g/mol. The molecule has 0 N–H and O–H groups in total. The summed E-state index contributed by atoms with van der Waals surface area (Å²) in [6.45, 7) is 0. The molecule has 6 heterocycles. The largest absolute Gasteiger partial charge is 0.309 e. The Morgan fingerprint density at radius 1 is 0.360 bits per heavy atom. The van der Waals surface area contributed by atoms with Crippen molar-refractivity contribution in [3.8, 4) is 22.7 Å². The fourth-order valence-electron chi connectivity index (χ4n) is 7.84. The maximum atomic E-state index is 4.87. The van der Waals surface area contributed by atoms with Gasteiger partial charge in [-0.05, 0) is 72.8 Å². The van der Waals surface area contributed by atoms with Crippen LogP contribution in [0.5, 0.6) is 0 Å². The fraction of sp³-hybridized carbons (Fsp3) is 0. The summed E-state index contributed by atoms with van der Waals surface area (Å²) in [6.07, 6.45) is 7.73. The molecule has 0 fully saturated rings. The zero-order valence-electron chi connectivity index (χ0n) is 26.7. The van der Waals surface area contributed by atoms with Crippen molar-refractivity contribution in [1.29, 1.82) is 0 Å². The molecule has 0 atom stereocenters. The molecule has 0 aliphatic rings. The van der Waals surface area contributed by atoms with Crippen LogP contribution in [-0.2, 0) is 0 Å². The molecular weight excluding hydrogens is 615 g/mol. The van der Waals surface area contributed by atoms with Gasteiger partial charge in [0, 0.05) is 56.1 Å². The molecular formula is C43H27N7. The van der Waals surface area contributed by atoms with Gasteiger partial charge in [-0.1, -0.05) is 66.7 Å². The van der Waals surface area contributed by atoms with Gasteiger partial charge in [0.25, 0.3) is 0 Å². The summed E-state index contributed by atoms with van der Waals surface area (Å²) in [5.74, 6) is 0. The van der Waals surface area contributed by atoms with E-state index in [9.17, 15) is 0 Å². The van der Waals surface area contributed by atoms with Crippen LogP contribution in [0.1, 0.15) is 0 Å². The predicted molar refractivity (Wildman–Crippen MR) is 202 cm³/mol. The zero-order chi connectivity index (χ0) is 32.8. The summed E-state index contributed by atoms with van der Waals surface area (Å²) < 4.78 is 8.78. The van der Waals surface area contributed by atoms with Gasteiger partial charge in [0.1, 0.15) is 11.3 Å². The highest BCUT2D eigenvalue weighted by atomic mass is 15.3. The van der Waals surface area contributed by atoms with Crippen molar-refractivity contribution in [2.24, 2.45) is 0 Å². The molecule has 6 aromatic heterocycles. The van der Waals surface area contributed by atoms with Crippen LogP contribution in [0.25, 0.3) is 88.4 Å². The van der Waals surface area contributed by atoms with E-state index >= 15 is 0 Å². The lowest BCUT2D eigenvalue weighted by Crippen LogP contribution is -2.00. The van der Waals surface area contributed by atoms with E-state index in [0.717, 1.165) is 66.9 Å². The fourth-order valence-corrected chi connectivity index (χ4v) is 7.84. The Balaban J connectivity index is 1.10. The second kappa shape index (κ2) is 10.3. The first kappa shape index (κ1) is 27.0. The number of para-hydroxylation sites is 3. The lowest BCUT2D eigenvalue weighted by Gasteiger charge is -2.13. The van der Waals surface area contributed by atoms with Crippen LogP contribution < -0.4 is 0 Å². The van der Waals surface area contributed by atoms with Gasteiger partial charge in [0.15, 0.2) is 0 Å². The first-order valence-corrected chi connectivity index (χ1v) is 16.7. The summed E-state index contributed by atoms with van der Waals surface area (Å²) in [7, 11) is 0. The first-order chi connectivity index (χ1) is 24.8. The van der Waals surface area contributed by atoms with Crippen LogP contribution >= 0.6 is 0 Å². The number of benzene rings is 5. The third kappa shape index (κ3) is 3.77. The number of nitrogens with zero attached hydrogens (tertiary/aromatic N) is 7. The Bertz CT molecular complexity index is 3010. The van der Waals surface area contributed by atoms with Crippen LogP contribution in [0.15, 0.2) is 164 Å². The van der Waals surface area contributed by atoms with Gasteiger partial charge in [0.2, 0.25) is 0 Å². The Morgan fingerprint density at radius 3 is 1.54 bits per heavy atom. The van der Waals surface area contributed by atoms with Crippen molar-refractivity contribution >= 4 is 65.7 Å². The molecule has 0 saturated carbocycles. The van der Waals surface area contributed by atoms with E-state index in [1.54, 1.807) is 0 Å². The molecule has 0 amide bonds. The van der Waals surface area contributed by atoms with E-state index in [1.165, 1.54) is 21.5 Å². The van der Waals surface area contributed by atoms with Gasteiger partial charge in [0.05, 0.1) is 45.8 Å². The Kier molecular flexibility index (Phi) is 5.54. The first-order valence-electron chi connectivity index (χ1n) is 16.7. The molecule has 0 saturated heterocycles. The van der Waals surface area contributed by atoms with E-state index < -0.39 is 0 Å². The molecule has 11 aromatic rings. The average Bonchev–Trinajstić information content (AvgIpc) is 3.94. The maximum absolute atomic E-state index is 4.87. The highest BCUT2D eigenvalue weighted by Crippen LogP contribution is 2.36. The van der Waals surface area contributed by atoms with Gasteiger partial charge < -0.3 is 4.57 Å². The van der Waals surface area contributed by atoms with E-state index in [2.05, 4.69) is 147 Å². The molecule has 0 aliphatic heterocycles. The molecule has 0 bridgehead atoms. The van der Waals surface area contributed by atoms with Gasteiger partial charge >= 0.3 is 0 Å². The van der Waals surface area contributed by atoms with E-state index in [0.29, 0.717) is 0 Å². The molecule has 5 aromatic carbocycles. The number of hydrogen-bond donors (Lipinski definition) is 0. The number of aromatic nitrogens is 7. The molecule has 0 spiro atoms. The summed E-state index contributed by atoms with van der Waals surface area (Å²) in [5.41, 5.74) is 10.4. The molecule has 0 radical (unpaired) electrons. The van der Waals surface area contributed by atoms with Crippen molar-refractivity contribution in [3.05, 3.63) is 164 Å². The number of fused-ring (bicyclic) bond motifs is 9. The van der Waals surface area contributed by atoms with Crippen LogP contribution in [0.2, 0.25) is 0 Å². The highest BCUT2D eigenvalue weighted by Gasteiger charge is 2.18. The van der Waals surface area contributed by atoms with Gasteiger partial charge in [-0.25, -0.2) is 14.6 Å². The second-order valence-electron chi connectivity index (χ2n) is 12.7. The third-order valence-electron chi connectivity index (χ3n) is 9.96. The van der Waals surface area contributed by atoms with E-state index in [-0.39, 0.29) is 0 Å². The Hall–Kier alpha value is -6.99. The number of hydrogen-bond acceptors (Lipinski definition) is 3. The third-order valence-corrected chi connectivity index (χ3v) is 9.96. The lowest BCUT2D eigenvalue weighted by atomic mass is 10.1. The summed E-state index contributed by atoms with van der Waals surface area (Å²) in [4.78, 5) is 9.59. The van der Waals surface area contributed by atoms with Gasteiger partial charge in [-0.15, -0.1) is 0 Å². The van der Waals surface area contributed by atoms with Crippen LogP contribution in [0, 0.1) is 0 Å². The van der Waals surface area contributed by atoms with Gasteiger partial charge in [-0.2, -0.15) is 5.10 Å². The predicted octanol–water partition coefficient (Wildman–Crippen LogP) is 9.95. The molecule has 50 heavy (non-hydrogen) atoms. The lowest BCUT2D eigenvalue weighted by molar-refractivity contribution is 0.881. The van der Waals surface area contributed by atoms with Crippen molar-refractivity contribution in [2.45, 2.75) is 0 Å². The molecule has 7 heteroatoms. The van der Waals surface area contributed by atoms with Crippen molar-refractivity contribution in [3.63, 3.8) is 0 Å². The van der Waals surface area contributed by atoms with E-state index in [4.69, 9.17) is 15.1 Å². The summed E-state index contributed by atoms with van der Waals surface area (Å²) in [6, 6.07) is 49.2. The standard InChI is InChI=1S/C43H27N7/c1-4-17-38-32(12-1)35-21-20-28(47-27-31(26-46-47)50-40-19-6-3-14-34(40)37-16-9-23-45-43(37)50)25-41(35)48(38)29-10-7-11-30(24-29)49-39-18-5-2-13-33(39)36-15-8-22-44-42(36)49/h1-27H.